The molecular weight excluding hydrogens is 482 g/mol. The number of carbonyl (C=O) groups is 1. The highest BCUT2D eigenvalue weighted by molar-refractivity contribution is 6.09. The highest BCUT2D eigenvalue weighted by Crippen LogP contribution is 2.40. The molecule has 10 nitrogen and oxygen atoms in total. The molecule has 0 spiro atoms. The zero-order valence-electron chi connectivity index (χ0n) is 21.8. The molecular formula is C28H33N7O3. The number of nitrogens with zero attached hydrogens (tertiary/aromatic N) is 5. The van der Waals surface area contributed by atoms with Crippen LogP contribution in [0.3, 0.4) is 0 Å². The van der Waals surface area contributed by atoms with Crippen LogP contribution in [0.5, 0.6) is 5.75 Å². The Morgan fingerprint density at radius 3 is 2.66 bits per heavy atom. The largest absolute Gasteiger partial charge is 0.494 e. The number of piperazine rings is 1. The van der Waals surface area contributed by atoms with Crippen molar-refractivity contribution < 1.29 is 14.3 Å². The van der Waals surface area contributed by atoms with Gasteiger partial charge in [-0.15, -0.1) is 0 Å². The normalized spacial score (nSPS) is 18.3. The summed E-state index contributed by atoms with van der Waals surface area (Å²) in [7, 11) is 3.82. The number of urea groups is 1. The first-order chi connectivity index (χ1) is 18.6. The average Bonchev–Trinajstić information content (AvgIpc) is 3.07. The topological polar surface area (TPSA) is 95.1 Å². The minimum atomic E-state index is -0.173. The van der Waals surface area contributed by atoms with Gasteiger partial charge in [0.1, 0.15) is 11.4 Å². The number of benzene rings is 2. The smallest absolute Gasteiger partial charge is 0.326 e. The molecule has 0 atom stereocenters. The molecule has 0 radical (unpaired) electrons. The summed E-state index contributed by atoms with van der Waals surface area (Å²) in [5, 5.41) is 6.37. The Labute approximate surface area is 222 Å². The van der Waals surface area contributed by atoms with E-state index in [1.165, 1.54) is 0 Å². The number of ether oxygens (including phenoxy) is 2. The van der Waals surface area contributed by atoms with Crippen LogP contribution >= 0.6 is 0 Å². The molecule has 10 heteroatoms. The van der Waals surface area contributed by atoms with E-state index in [9.17, 15) is 4.79 Å². The van der Waals surface area contributed by atoms with Gasteiger partial charge in [0.15, 0.2) is 0 Å². The fourth-order valence-corrected chi connectivity index (χ4v) is 5.38. The molecule has 3 aliphatic rings. The standard InChI is InChI=1S/C28H33N7O3/c1-33-11-13-34(14-12-33)20-7-8-22(25(17-20)37-2)30-27-29-18-23-26(32-27)21-5-3-4-6-24(21)35(28(36)31-23)19-9-15-38-16-10-19/h3-8,17-19H,9-16H2,1-2H3,(H,31,36)(H,29,30,32). The van der Waals surface area contributed by atoms with Crippen molar-refractivity contribution in [1.82, 2.24) is 14.9 Å². The molecule has 38 heavy (non-hydrogen) atoms. The molecule has 2 N–H and O–H groups in total. The third-order valence-corrected chi connectivity index (χ3v) is 7.52. The van der Waals surface area contributed by atoms with Gasteiger partial charge in [0, 0.05) is 62.8 Å². The van der Waals surface area contributed by atoms with Gasteiger partial charge in [-0.3, -0.25) is 4.90 Å². The lowest BCUT2D eigenvalue weighted by molar-refractivity contribution is 0.0859. The number of amides is 2. The van der Waals surface area contributed by atoms with E-state index in [-0.39, 0.29) is 12.1 Å². The molecule has 0 bridgehead atoms. The van der Waals surface area contributed by atoms with Crippen LogP contribution in [-0.2, 0) is 4.74 Å². The third kappa shape index (κ3) is 4.72. The second-order valence-corrected chi connectivity index (χ2v) is 9.92. The second kappa shape index (κ2) is 10.5. The van der Waals surface area contributed by atoms with E-state index in [2.05, 4.69) is 44.6 Å². The zero-order chi connectivity index (χ0) is 26.1. The minimum absolute atomic E-state index is 0.0628. The molecule has 3 aliphatic heterocycles. The van der Waals surface area contributed by atoms with Crippen LogP contribution in [0.15, 0.2) is 48.7 Å². The van der Waals surface area contributed by atoms with Crippen LogP contribution in [-0.4, -0.2) is 80.5 Å². The van der Waals surface area contributed by atoms with Crippen molar-refractivity contribution in [2.24, 2.45) is 0 Å². The van der Waals surface area contributed by atoms with E-state index >= 15 is 0 Å². The van der Waals surface area contributed by atoms with E-state index < -0.39 is 0 Å². The van der Waals surface area contributed by atoms with E-state index in [4.69, 9.17) is 14.5 Å². The summed E-state index contributed by atoms with van der Waals surface area (Å²) in [6.45, 7) is 5.33. The van der Waals surface area contributed by atoms with E-state index in [0.717, 1.165) is 67.4 Å². The molecule has 0 aliphatic carbocycles. The fraction of sp³-hybridized carbons (Fsp3) is 0.393. The lowest BCUT2D eigenvalue weighted by Gasteiger charge is -2.34. The number of hydrogen-bond acceptors (Lipinski definition) is 8. The number of aromatic nitrogens is 2. The Morgan fingerprint density at radius 1 is 1.08 bits per heavy atom. The number of rotatable bonds is 5. The number of para-hydroxylation sites is 1. The van der Waals surface area contributed by atoms with Crippen LogP contribution in [0.2, 0.25) is 0 Å². The van der Waals surface area contributed by atoms with Gasteiger partial charge >= 0.3 is 6.03 Å². The number of methoxy groups -OCH3 is 1. The number of nitrogens with one attached hydrogen (secondary N) is 2. The van der Waals surface area contributed by atoms with Gasteiger partial charge in [0.25, 0.3) is 0 Å². The number of anilines is 5. The molecule has 2 aromatic carbocycles. The van der Waals surface area contributed by atoms with Crippen molar-refractivity contribution in [3.05, 3.63) is 48.7 Å². The molecule has 6 rings (SSSR count). The zero-order valence-corrected chi connectivity index (χ0v) is 21.8. The van der Waals surface area contributed by atoms with Crippen LogP contribution in [0.25, 0.3) is 11.3 Å². The lowest BCUT2D eigenvalue weighted by atomic mass is 10.0. The van der Waals surface area contributed by atoms with Crippen molar-refractivity contribution in [2.45, 2.75) is 18.9 Å². The molecule has 2 fully saturated rings. The summed E-state index contributed by atoms with van der Waals surface area (Å²) in [6, 6.07) is 14.0. The highest BCUT2D eigenvalue weighted by Gasteiger charge is 2.33. The van der Waals surface area contributed by atoms with Crippen molar-refractivity contribution in [3.63, 3.8) is 0 Å². The van der Waals surface area contributed by atoms with Crippen molar-refractivity contribution in [1.29, 1.82) is 0 Å². The van der Waals surface area contributed by atoms with E-state index in [1.54, 1.807) is 13.3 Å². The minimum Gasteiger partial charge on any atom is -0.494 e. The fourth-order valence-electron chi connectivity index (χ4n) is 5.38. The summed E-state index contributed by atoms with van der Waals surface area (Å²) in [6.07, 6.45) is 3.25. The Kier molecular flexibility index (Phi) is 6.73. The molecule has 3 aromatic rings. The second-order valence-electron chi connectivity index (χ2n) is 9.92. The monoisotopic (exact) mass is 515 g/mol. The molecule has 0 unspecified atom stereocenters. The van der Waals surface area contributed by atoms with Crippen molar-refractivity contribution in [3.8, 4) is 17.0 Å². The lowest BCUT2D eigenvalue weighted by Crippen LogP contribution is -2.45. The summed E-state index contributed by atoms with van der Waals surface area (Å²) in [5.41, 5.74) is 4.90. The van der Waals surface area contributed by atoms with Gasteiger partial charge in [-0.1, -0.05) is 18.2 Å². The Hall–Kier alpha value is -3.89. The first-order valence-corrected chi connectivity index (χ1v) is 13.1. The average molecular weight is 516 g/mol. The number of hydrogen-bond donors (Lipinski definition) is 2. The molecule has 4 heterocycles. The van der Waals surface area contributed by atoms with Gasteiger partial charge in [-0.05, 0) is 38.1 Å². The van der Waals surface area contributed by atoms with E-state index in [1.807, 2.05) is 35.2 Å². The third-order valence-electron chi connectivity index (χ3n) is 7.52. The summed E-state index contributed by atoms with van der Waals surface area (Å²) >= 11 is 0. The SMILES string of the molecule is COc1cc(N2CCN(C)CC2)ccc1Nc1ncc2c(n1)-c1ccccc1N(C1CCOCC1)C(=O)N2. The maximum atomic E-state index is 13.4. The van der Waals surface area contributed by atoms with Gasteiger partial charge in [-0.25, -0.2) is 14.8 Å². The predicted octanol–water partition coefficient (Wildman–Crippen LogP) is 4.18. The molecule has 2 saturated heterocycles. The number of likely N-dealkylation sites (N-methyl/N-ethyl adjacent to an activating group) is 1. The predicted molar refractivity (Wildman–Crippen MR) is 149 cm³/mol. The Balaban J connectivity index is 1.30. The summed E-state index contributed by atoms with van der Waals surface area (Å²) in [5.74, 6) is 1.15. The van der Waals surface area contributed by atoms with Gasteiger partial charge in [0.2, 0.25) is 5.95 Å². The highest BCUT2D eigenvalue weighted by atomic mass is 16.5. The van der Waals surface area contributed by atoms with Gasteiger partial charge in [-0.2, -0.15) is 0 Å². The number of carbonyl (C=O) groups excluding carboxylic acids is 1. The van der Waals surface area contributed by atoms with Crippen LogP contribution in [0.1, 0.15) is 12.8 Å². The molecule has 1 aromatic heterocycles. The maximum absolute atomic E-state index is 13.4. The van der Waals surface area contributed by atoms with Gasteiger partial charge < -0.3 is 29.9 Å². The van der Waals surface area contributed by atoms with Crippen molar-refractivity contribution in [2.75, 3.05) is 74.0 Å². The summed E-state index contributed by atoms with van der Waals surface area (Å²) < 4.78 is 11.3. The Bertz CT molecular complexity index is 1320. The van der Waals surface area contributed by atoms with Crippen LogP contribution < -0.4 is 25.2 Å². The molecule has 2 amide bonds. The van der Waals surface area contributed by atoms with E-state index in [0.29, 0.717) is 30.5 Å². The van der Waals surface area contributed by atoms with Crippen molar-refractivity contribution >= 4 is 34.7 Å². The quantitative estimate of drug-likeness (QED) is 0.523. The van der Waals surface area contributed by atoms with Crippen LogP contribution in [0, 0.1) is 0 Å². The molecule has 198 valence electrons. The molecule has 0 saturated carbocycles. The first kappa shape index (κ1) is 24.4. The number of fused-ring (bicyclic) bond motifs is 3. The maximum Gasteiger partial charge on any atom is 0.326 e. The van der Waals surface area contributed by atoms with Gasteiger partial charge in [0.05, 0.1) is 30.4 Å². The first-order valence-electron chi connectivity index (χ1n) is 13.1. The van der Waals surface area contributed by atoms with Crippen LogP contribution in [0.4, 0.5) is 33.5 Å². The Morgan fingerprint density at radius 2 is 1.87 bits per heavy atom. The summed E-state index contributed by atoms with van der Waals surface area (Å²) in [4.78, 5) is 29.3.